The summed E-state index contributed by atoms with van der Waals surface area (Å²) in [6, 6.07) is 0. The van der Waals surface area contributed by atoms with Gasteiger partial charge in [0.25, 0.3) is 6.43 Å². The summed E-state index contributed by atoms with van der Waals surface area (Å²) in [5, 5.41) is 7.36. The molecule has 0 saturated carbocycles. The van der Waals surface area contributed by atoms with E-state index in [9.17, 15) is 8.78 Å². The first-order valence-electron chi connectivity index (χ1n) is 5.27. The fourth-order valence-electron chi connectivity index (χ4n) is 1.40. The summed E-state index contributed by atoms with van der Waals surface area (Å²) in [5.41, 5.74) is 1.95. The average molecular weight is 312 g/mol. The maximum atomic E-state index is 11.8. The number of alkyl halides is 2. The van der Waals surface area contributed by atoms with Crippen LogP contribution in [0.5, 0.6) is 0 Å². The van der Waals surface area contributed by atoms with E-state index in [1.807, 2.05) is 14.0 Å². The van der Waals surface area contributed by atoms with Gasteiger partial charge in [-0.2, -0.15) is 5.10 Å². The second-order valence-corrected chi connectivity index (χ2v) is 4.41. The molecule has 1 aromatic heterocycles. The molecule has 17 heavy (non-hydrogen) atoms. The van der Waals surface area contributed by atoms with Crippen LogP contribution in [0.15, 0.2) is 4.47 Å². The number of hydrogen-bond acceptors (Lipinski definition) is 3. The molecule has 0 aliphatic rings. The molecule has 0 fully saturated rings. The third-order valence-corrected chi connectivity index (χ3v) is 3.25. The molecule has 98 valence electrons. The zero-order chi connectivity index (χ0) is 12.8. The Bertz CT molecular complexity index is 358. The fraction of sp³-hybridized carbons (Fsp3) is 0.700. The number of aryl methyl sites for hydroxylation is 2. The summed E-state index contributed by atoms with van der Waals surface area (Å²) in [6.07, 6.45) is -2.40. The third kappa shape index (κ3) is 4.69. The Morgan fingerprint density at radius 3 is 2.76 bits per heavy atom. The highest BCUT2D eigenvalue weighted by molar-refractivity contribution is 9.10. The summed E-state index contributed by atoms with van der Waals surface area (Å²) in [5.74, 6) is 0. The van der Waals surface area contributed by atoms with Gasteiger partial charge in [0.05, 0.1) is 22.5 Å². The Balaban J connectivity index is 2.22. The highest BCUT2D eigenvalue weighted by Gasteiger charge is 2.09. The second-order valence-electron chi connectivity index (χ2n) is 3.61. The molecule has 0 aromatic carbocycles. The summed E-state index contributed by atoms with van der Waals surface area (Å²) in [7, 11) is 1.86. The van der Waals surface area contributed by atoms with Gasteiger partial charge >= 0.3 is 0 Å². The van der Waals surface area contributed by atoms with E-state index in [0.29, 0.717) is 13.1 Å². The van der Waals surface area contributed by atoms with E-state index in [-0.39, 0.29) is 6.61 Å². The summed E-state index contributed by atoms with van der Waals surface area (Å²) < 4.78 is 31.0. The van der Waals surface area contributed by atoms with Crippen LogP contribution in [0.3, 0.4) is 0 Å². The number of aromatic nitrogens is 2. The molecule has 0 saturated heterocycles. The smallest absolute Gasteiger partial charge is 0.261 e. The predicted molar refractivity (Wildman–Crippen MR) is 64.2 cm³/mol. The van der Waals surface area contributed by atoms with Crippen molar-refractivity contribution in [3.05, 3.63) is 15.9 Å². The SMILES string of the molecule is Cc1nn(C)c(CNCCOCC(F)F)c1Br. The molecule has 0 aliphatic heterocycles. The minimum atomic E-state index is -2.40. The zero-order valence-electron chi connectivity index (χ0n) is 9.84. The monoisotopic (exact) mass is 311 g/mol. The highest BCUT2D eigenvalue weighted by Crippen LogP contribution is 2.19. The van der Waals surface area contributed by atoms with Crippen molar-refractivity contribution in [2.24, 2.45) is 7.05 Å². The fourth-order valence-corrected chi connectivity index (χ4v) is 1.87. The van der Waals surface area contributed by atoms with Crippen LogP contribution in [0.4, 0.5) is 8.78 Å². The van der Waals surface area contributed by atoms with Gasteiger partial charge in [-0.15, -0.1) is 0 Å². The zero-order valence-corrected chi connectivity index (χ0v) is 11.4. The largest absolute Gasteiger partial charge is 0.374 e. The van der Waals surface area contributed by atoms with Crippen LogP contribution in [0.2, 0.25) is 0 Å². The summed E-state index contributed by atoms with van der Waals surface area (Å²) in [6.45, 7) is 2.84. The van der Waals surface area contributed by atoms with Gasteiger partial charge < -0.3 is 10.1 Å². The Hall–Kier alpha value is -0.530. The lowest BCUT2D eigenvalue weighted by molar-refractivity contribution is 0.0187. The lowest BCUT2D eigenvalue weighted by Crippen LogP contribution is -2.22. The van der Waals surface area contributed by atoms with E-state index in [4.69, 9.17) is 4.74 Å². The Labute approximate surface area is 107 Å². The van der Waals surface area contributed by atoms with Gasteiger partial charge in [-0.25, -0.2) is 8.78 Å². The van der Waals surface area contributed by atoms with Gasteiger partial charge in [0.1, 0.15) is 6.61 Å². The molecule has 0 bridgehead atoms. The molecule has 0 unspecified atom stereocenters. The molecule has 0 spiro atoms. The first-order chi connectivity index (χ1) is 8.02. The van der Waals surface area contributed by atoms with Crippen molar-refractivity contribution in [2.75, 3.05) is 19.8 Å². The number of rotatable bonds is 7. The summed E-state index contributed by atoms with van der Waals surface area (Å²) >= 11 is 3.45. The number of nitrogens with one attached hydrogen (secondary N) is 1. The van der Waals surface area contributed by atoms with Gasteiger partial charge in [-0.05, 0) is 22.9 Å². The quantitative estimate of drug-likeness (QED) is 0.781. The van der Waals surface area contributed by atoms with E-state index in [1.165, 1.54) is 0 Å². The van der Waals surface area contributed by atoms with E-state index < -0.39 is 13.0 Å². The van der Waals surface area contributed by atoms with Gasteiger partial charge in [-0.1, -0.05) is 0 Å². The predicted octanol–water partition coefficient (Wildman–Crippen LogP) is 1.86. The maximum absolute atomic E-state index is 11.8. The second kappa shape index (κ2) is 7.03. The summed E-state index contributed by atoms with van der Waals surface area (Å²) in [4.78, 5) is 0. The van der Waals surface area contributed by atoms with Crippen molar-refractivity contribution in [3.63, 3.8) is 0 Å². The molecule has 1 N–H and O–H groups in total. The van der Waals surface area contributed by atoms with Crippen molar-refractivity contribution < 1.29 is 13.5 Å². The topological polar surface area (TPSA) is 39.1 Å². The Morgan fingerprint density at radius 1 is 1.53 bits per heavy atom. The van der Waals surface area contributed by atoms with E-state index in [0.717, 1.165) is 15.9 Å². The maximum Gasteiger partial charge on any atom is 0.261 e. The standard InChI is InChI=1S/C10H16BrF2N3O/c1-7-10(11)8(16(2)15-7)5-14-3-4-17-6-9(12)13/h9,14H,3-6H2,1-2H3. The molecule has 1 heterocycles. The van der Waals surface area contributed by atoms with Crippen LogP contribution in [-0.2, 0) is 18.3 Å². The van der Waals surface area contributed by atoms with Crippen LogP contribution in [0.1, 0.15) is 11.4 Å². The van der Waals surface area contributed by atoms with Crippen molar-refractivity contribution in [3.8, 4) is 0 Å². The number of ether oxygens (including phenoxy) is 1. The van der Waals surface area contributed by atoms with Crippen LogP contribution in [-0.4, -0.2) is 36.0 Å². The van der Waals surface area contributed by atoms with E-state index in [1.54, 1.807) is 4.68 Å². The Kier molecular flexibility index (Phi) is 6.01. The van der Waals surface area contributed by atoms with Crippen LogP contribution in [0, 0.1) is 6.92 Å². The lowest BCUT2D eigenvalue weighted by Gasteiger charge is -2.06. The first-order valence-corrected chi connectivity index (χ1v) is 6.06. The molecule has 1 aromatic rings. The minimum absolute atomic E-state index is 0.277. The van der Waals surface area contributed by atoms with Crippen LogP contribution >= 0.6 is 15.9 Å². The molecule has 4 nitrogen and oxygen atoms in total. The molecular weight excluding hydrogens is 296 g/mol. The third-order valence-electron chi connectivity index (χ3n) is 2.22. The molecule has 1 rings (SSSR count). The van der Waals surface area contributed by atoms with Gasteiger partial charge in [-0.3, -0.25) is 4.68 Å². The lowest BCUT2D eigenvalue weighted by atomic mass is 10.3. The van der Waals surface area contributed by atoms with Crippen LogP contribution < -0.4 is 5.32 Å². The van der Waals surface area contributed by atoms with Crippen molar-refractivity contribution in [1.82, 2.24) is 15.1 Å². The van der Waals surface area contributed by atoms with Crippen molar-refractivity contribution >= 4 is 15.9 Å². The van der Waals surface area contributed by atoms with Gasteiger partial charge in [0.15, 0.2) is 0 Å². The van der Waals surface area contributed by atoms with E-state index in [2.05, 4.69) is 26.3 Å². The van der Waals surface area contributed by atoms with Crippen molar-refractivity contribution in [1.29, 1.82) is 0 Å². The number of nitrogens with zero attached hydrogens (tertiary/aromatic N) is 2. The van der Waals surface area contributed by atoms with Gasteiger partial charge in [0, 0.05) is 20.1 Å². The van der Waals surface area contributed by atoms with Gasteiger partial charge in [0.2, 0.25) is 0 Å². The first kappa shape index (κ1) is 14.5. The molecule has 7 heteroatoms. The molecule has 0 aliphatic carbocycles. The van der Waals surface area contributed by atoms with Crippen molar-refractivity contribution in [2.45, 2.75) is 19.9 Å². The number of hydrogen-bond donors (Lipinski definition) is 1. The Morgan fingerprint density at radius 2 is 2.24 bits per heavy atom. The molecule has 0 amide bonds. The normalized spacial score (nSPS) is 11.4. The highest BCUT2D eigenvalue weighted by atomic mass is 79.9. The molecule has 0 radical (unpaired) electrons. The minimum Gasteiger partial charge on any atom is -0.374 e. The van der Waals surface area contributed by atoms with E-state index >= 15 is 0 Å². The van der Waals surface area contributed by atoms with Crippen LogP contribution in [0.25, 0.3) is 0 Å². The molecule has 0 atom stereocenters. The average Bonchev–Trinajstić information content (AvgIpc) is 2.48. The molecular formula is C10H16BrF2N3O. The number of halogens is 3.